The van der Waals surface area contributed by atoms with Crippen LogP contribution in [0.25, 0.3) is 0 Å². The van der Waals surface area contributed by atoms with Crippen molar-refractivity contribution in [3.05, 3.63) is 46.2 Å². The Morgan fingerprint density at radius 1 is 1.34 bits per heavy atom. The fourth-order valence-electron chi connectivity index (χ4n) is 4.53. The van der Waals surface area contributed by atoms with Crippen molar-refractivity contribution >= 4 is 11.6 Å². The minimum atomic E-state index is -0.845. The molecule has 8 heteroatoms. The normalized spacial score (nSPS) is 25.3. The summed E-state index contributed by atoms with van der Waals surface area (Å²) in [6.45, 7) is 5.88. The first-order chi connectivity index (χ1) is 13.9. The number of aliphatic hydroxyl groups excluding tert-OH is 2. The first-order valence-electron chi connectivity index (χ1n) is 10.2. The Balaban J connectivity index is 1.49. The molecule has 2 N–H and O–H groups in total. The molecule has 1 aromatic carbocycles. The summed E-state index contributed by atoms with van der Waals surface area (Å²) in [5.74, 6) is 0. The lowest BCUT2D eigenvalue weighted by molar-refractivity contribution is -0.113. The summed E-state index contributed by atoms with van der Waals surface area (Å²) in [7, 11) is 0. The van der Waals surface area contributed by atoms with E-state index in [9.17, 15) is 10.2 Å². The number of halogens is 1. The molecular formula is C21H29ClN4O3. The molecule has 0 saturated carbocycles. The fourth-order valence-corrected chi connectivity index (χ4v) is 4.70. The van der Waals surface area contributed by atoms with Crippen molar-refractivity contribution in [3.8, 4) is 0 Å². The van der Waals surface area contributed by atoms with E-state index in [0.29, 0.717) is 12.6 Å². The van der Waals surface area contributed by atoms with Gasteiger partial charge < -0.3 is 14.9 Å². The van der Waals surface area contributed by atoms with Crippen LogP contribution < -0.4 is 0 Å². The van der Waals surface area contributed by atoms with E-state index in [1.54, 1.807) is 11.6 Å². The van der Waals surface area contributed by atoms with Gasteiger partial charge in [-0.1, -0.05) is 22.9 Å². The lowest BCUT2D eigenvalue weighted by Gasteiger charge is -2.48. The molecule has 29 heavy (non-hydrogen) atoms. The molecule has 1 aromatic heterocycles. The summed E-state index contributed by atoms with van der Waals surface area (Å²) in [4.78, 5) is 2.39. The van der Waals surface area contributed by atoms with E-state index in [1.165, 1.54) is 11.1 Å². The number of aliphatic hydroxyl groups is 2. The third-order valence-electron chi connectivity index (χ3n) is 6.50. The molecule has 0 radical (unpaired) electrons. The highest BCUT2D eigenvalue weighted by Gasteiger charge is 2.43. The molecule has 3 heterocycles. The van der Waals surface area contributed by atoms with Crippen LogP contribution in [0.15, 0.2) is 24.4 Å². The number of rotatable bonds is 5. The van der Waals surface area contributed by atoms with Crippen LogP contribution in [0.3, 0.4) is 0 Å². The number of fused-ring (bicyclic) bond motifs is 2. The van der Waals surface area contributed by atoms with Gasteiger partial charge in [0.1, 0.15) is 5.54 Å². The van der Waals surface area contributed by atoms with Crippen molar-refractivity contribution in [2.75, 3.05) is 26.4 Å². The van der Waals surface area contributed by atoms with Gasteiger partial charge in [-0.2, -0.15) is 0 Å². The summed E-state index contributed by atoms with van der Waals surface area (Å²) in [5.41, 5.74) is 2.31. The highest BCUT2D eigenvalue weighted by molar-refractivity contribution is 6.30. The minimum Gasteiger partial charge on any atom is -0.394 e. The van der Waals surface area contributed by atoms with Gasteiger partial charge in [-0.05, 0) is 56.4 Å². The second-order valence-corrected chi connectivity index (χ2v) is 9.07. The standard InChI is InChI=1S/C21H29ClN4O3/c1-15-10-21(19-9-17(22)4-3-16(19)5-8-29-21)6-7-25(15)11-18-12-26(24-23-18)20(2,13-27)14-28/h3-4,9,12,15,27-28H,5-8,10-11,13-14H2,1-2H3/t15-,21+/m0/s1. The fraction of sp³-hybridized carbons (Fsp3) is 0.619. The van der Waals surface area contributed by atoms with Crippen LogP contribution in [0.2, 0.25) is 5.02 Å². The zero-order valence-corrected chi connectivity index (χ0v) is 17.8. The minimum absolute atomic E-state index is 0.200. The van der Waals surface area contributed by atoms with Gasteiger partial charge in [0.15, 0.2) is 0 Å². The summed E-state index contributed by atoms with van der Waals surface area (Å²) < 4.78 is 7.92. The third kappa shape index (κ3) is 3.82. The number of hydrogen-bond donors (Lipinski definition) is 2. The van der Waals surface area contributed by atoms with Gasteiger partial charge in [0.05, 0.1) is 37.3 Å². The van der Waals surface area contributed by atoms with Gasteiger partial charge in [0.25, 0.3) is 0 Å². The largest absolute Gasteiger partial charge is 0.394 e. The molecular weight excluding hydrogens is 392 g/mol. The van der Waals surface area contributed by atoms with Crippen molar-refractivity contribution in [1.29, 1.82) is 0 Å². The smallest absolute Gasteiger partial charge is 0.108 e. The maximum Gasteiger partial charge on any atom is 0.108 e. The van der Waals surface area contributed by atoms with Gasteiger partial charge in [-0.15, -0.1) is 5.10 Å². The van der Waals surface area contributed by atoms with Crippen molar-refractivity contribution in [2.24, 2.45) is 0 Å². The SMILES string of the molecule is C[C@H]1C[C@@]2(CCN1Cc1cn(C(C)(CO)CO)nn1)OCCc1ccc(Cl)cc12. The second-order valence-electron chi connectivity index (χ2n) is 8.64. The summed E-state index contributed by atoms with van der Waals surface area (Å²) in [5, 5.41) is 28.3. The number of hydrogen-bond acceptors (Lipinski definition) is 6. The average Bonchev–Trinajstić information content (AvgIpc) is 3.20. The molecule has 1 saturated heterocycles. The van der Waals surface area contributed by atoms with Crippen molar-refractivity contribution < 1.29 is 14.9 Å². The molecule has 158 valence electrons. The number of nitrogens with zero attached hydrogens (tertiary/aromatic N) is 4. The second kappa shape index (κ2) is 7.96. The lowest BCUT2D eigenvalue weighted by atomic mass is 9.77. The van der Waals surface area contributed by atoms with Crippen LogP contribution in [0.1, 0.15) is 43.5 Å². The van der Waals surface area contributed by atoms with Crippen LogP contribution in [-0.4, -0.2) is 62.5 Å². The Morgan fingerprint density at radius 3 is 2.86 bits per heavy atom. The van der Waals surface area contributed by atoms with E-state index in [1.807, 2.05) is 12.3 Å². The van der Waals surface area contributed by atoms with Crippen LogP contribution in [0, 0.1) is 0 Å². The zero-order chi connectivity index (χ0) is 20.6. The van der Waals surface area contributed by atoms with Gasteiger partial charge in [-0.25, -0.2) is 4.68 Å². The molecule has 4 rings (SSSR count). The third-order valence-corrected chi connectivity index (χ3v) is 6.74. The molecule has 2 aliphatic heterocycles. The van der Waals surface area contributed by atoms with E-state index in [2.05, 4.69) is 34.3 Å². The van der Waals surface area contributed by atoms with E-state index in [4.69, 9.17) is 16.3 Å². The van der Waals surface area contributed by atoms with Gasteiger partial charge in [-0.3, -0.25) is 4.90 Å². The Kier molecular flexibility index (Phi) is 5.70. The topological polar surface area (TPSA) is 83.6 Å². The molecule has 0 unspecified atom stereocenters. The van der Waals surface area contributed by atoms with Crippen LogP contribution in [0.4, 0.5) is 0 Å². The lowest BCUT2D eigenvalue weighted by Crippen LogP contribution is -2.50. The van der Waals surface area contributed by atoms with Gasteiger partial charge >= 0.3 is 0 Å². The molecule has 2 aliphatic rings. The first-order valence-corrected chi connectivity index (χ1v) is 10.6. The molecule has 0 amide bonds. The Hall–Kier alpha value is -1.51. The predicted molar refractivity (Wildman–Crippen MR) is 110 cm³/mol. The van der Waals surface area contributed by atoms with E-state index in [-0.39, 0.29) is 18.8 Å². The molecule has 0 aliphatic carbocycles. The van der Waals surface area contributed by atoms with Crippen molar-refractivity contribution in [2.45, 2.75) is 56.8 Å². The molecule has 7 nitrogen and oxygen atoms in total. The quantitative estimate of drug-likeness (QED) is 0.770. The maximum absolute atomic E-state index is 9.57. The van der Waals surface area contributed by atoms with Crippen LogP contribution in [0.5, 0.6) is 0 Å². The van der Waals surface area contributed by atoms with E-state index < -0.39 is 5.54 Å². The Labute approximate surface area is 176 Å². The van der Waals surface area contributed by atoms with Crippen molar-refractivity contribution in [3.63, 3.8) is 0 Å². The predicted octanol–water partition coefficient (Wildman–Crippen LogP) is 2.08. The summed E-state index contributed by atoms with van der Waals surface area (Å²) in [6, 6.07) is 6.49. The number of ether oxygens (including phenoxy) is 1. The molecule has 2 atom stereocenters. The highest BCUT2D eigenvalue weighted by Crippen LogP contribution is 2.44. The number of piperidine rings is 1. The monoisotopic (exact) mass is 420 g/mol. The Morgan fingerprint density at radius 2 is 2.14 bits per heavy atom. The van der Waals surface area contributed by atoms with Gasteiger partial charge in [0.2, 0.25) is 0 Å². The number of benzene rings is 1. The number of likely N-dealkylation sites (tertiary alicyclic amines) is 1. The van der Waals surface area contributed by atoms with Crippen LogP contribution in [-0.2, 0) is 28.8 Å². The number of aromatic nitrogens is 3. The molecule has 0 bridgehead atoms. The highest BCUT2D eigenvalue weighted by atomic mass is 35.5. The average molecular weight is 421 g/mol. The molecule has 2 aromatic rings. The maximum atomic E-state index is 9.57. The van der Waals surface area contributed by atoms with Crippen molar-refractivity contribution in [1.82, 2.24) is 19.9 Å². The first kappa shape index (κ1) is 20.8. The zero-order valence-electron chi connectivity index (χ0n) is 17.0. The summed E-state index contributed by atoms with van der Waals surface area (Å²) in [6.07, 6.45) is 4.56. The van der Waals surface area contributed by atoms with Gasteiger partial charge in [0, 0.05) is 24.2 Å². The summed E-state index contributed by atoms with van der Waals surface area (Å²) >= 11 is 6.30. The van der Waals surface area contributed by atoms with E-state index in [0.717, 1.165) is 43.1 Å². The Bertz CT molecular complexity index is 869. The van der Waals surface area contributed by atoms with E-state index >= 15 is 0 Å². The van der Waals surface area contributed by atoms with Crippen LogP contribution >= 0.6 is 11.6 Å². The molecule has 1 fully saturated rings. The molecule has 1 spiro atoms.